The Labute approximate surface area is 171 Å². The van der Waals surface area contributed by atoms with Crippen molar-refractivity contribution in [3.8, 4) is 6.07 Å². The Balaban J connectivity index is 0.00000364. The largest absolute Gasteiger partial charge is 0.416 e. The number of aliphatic imine (C=N–C) groups is 1. The van der Waals surface area contributed by atoms with Gasteiger partial charge >= 0.3 is 6.18 Å². The summed E-state index contributed by atoms with van der Waals surface area (Å²) in [5, 5.41) is 14.6. The molecule has 2 aromatic rings. The quantitative estimate of drug-likeness (QED) is 0.291. The summed E-state index contributed by atoms with van der Waals surface area (Å²) >= 11 is 0. The highest BCUT2D eigenvalue weighted by atomic mass is 127. The standard InChI is InChI=1S/C18H16F4N4.HI/c1-24-17(25-10-13-4-2-3-12(7-13)9-23)26-11-14-5-6-15(19)8-16(14)18(20,21)22;/h2-8H,10-11H2,1H3,(H2,24,25,26);1H. The van der Waals surface area contributed by atoms with E-state index in [9.17, 15) is 17.6 Å². The Hall–Kier alpha value is -2.35. The smallest absolute Gasteiger partial charge is 0.352 e. The maximum Gasteiger partial charge on any atom is 0.416 e. The summed E-state index contributed by atoms with van der Waals surface area (Å²) in [6, 6.07) is 11.5. The van der Waals surface area contributed by atoms with Crippen LogP contribution in [0, 0.1) is 17.1 Å². The lowest BCUT2D eigenvalue weighted by Crippen LogP contribution is -2.36. The summed E-state index contributed by atoms with van der Waals surface area (Å²) < 4.78 is 52.2. The number of nitriles is 1. The van der Waals surface area contributed by atoms with Crippen molar-refractivity contribution >= 4 is 29.9 Å². The number of guanidine groups is 1. The molecule has 0 aromatic heterocycles. The third kappa shape index (κ3) is 6.71. The van der Waals surface area contributed by atoms with Crippen molar-refractivity contribution in [3.63, 3.8) is 0 Å². The van der Waals surface area contributed by atoms with E-state index in [-0.39, 0.29) is 42.0 Å². The van der Waals surface area contributed by atoms with Crippen LogP contribution in [0.2, 0.25) is 0 Å². The molecule has 0 aliphatic heterocycles. The zero-order valence-corrected chi connectivity index (χ0v) is 16.6. The Kier molecular flexibility index (Phi) is 8.49. The maximum absolute atomic E-state index is 13.1. The molecule has 27 heavy (non-hydrogen) atoms. The van der Waals surface area contributed by atoms with Gasteiger partial charge in [-0.25, -0.2) is 4.39 Å². The molecule has 0 radical (unpaired) electrons. The Morgan fingerprint density at radius 1 is 1.11 bits per heavy atom. The number of benzene rings is 2. The predicted octanol–water partition coefficient (Wildman–Crippen LogP) is 4.20. The molecule has 0 unspecified atom stereocenters. The molecule has 0 amide bonds. The molecule has 9 heteroatoms. The zero-order valence-electron chi connectivity index (χ0n) is 14.3. The molecular formula is C18H17F4IN4. The Bertz CT molecular complexity index is 844. The first-order chi connectivity index (χ1) is 12.3. The molecule has 4 nitrogen and oxygen atoms in total. The molecule has 2 aromatic carbocycles. The van der Waals surface area contributed by atoms with Crippen LogP contribution < -0.4 is 10.6 Å². The van der Waals surface area contributed by atoms with Crippen molar-refractivity contribution in [1.82, 2.24) is 10.6 Å². The molecule has 0 bridgehead atoms. The highest BCUT2D eigenvalue weighted by Gasteiger charge is 2.33. The maximum atomic E-state index is 13.1. The summed E-state index contributed by atoms with van der Waals surface area (Å²) in [5.74, 6) is -0.661. The fraction of sp³-hybridized carbons (Fsp3) is 0.222. The second-order valence-electron chi connectivity index (χ2n) is 5.39. The summed E-state index contributed by atoms with van der Waals surface area (Å²) in [6.45, 7) is 0.164. The molecular weight excluding hydrogens is 475 g/mol. The molecule has 144 valence electrons. The van der Waals surface area contributed by atoms with Gasteiger partial charge in [0.25, 0.3) is 0 Å². The average Bonchev–Trinajstić information content (AvgIpc) is 2.62. The number of rotatable bonds is 4. The van der Waals surface area contributed by atoms with E-state index in [2.05, 4.69) is 15.6 Å². The molecule has 2 N–H and O–H groups in total. The van der Waals surface area contributed by atoms with Crippen molar-refractivity contribution in [2.75, 3.05) is 7.05 Å². The molecule has 0 heterocycles. The van der Waals surface area contributed by atoms with Gasteiger partial charge in [0.05, 0.1) is 17.2 Å². The summed E-state index contributed by atoms with van der Waals surface area (Å²) in [4.78, 5) is 3.94. The van der Waals surface area contributed by atoms with E-state index < -0.39 is 17.6 Å². The van der Waals surface area contributed by atoms with E-state index in [0.29, 0.717) is 18.2 Å². The summed E-state index contributed by atoms with van der Waals surface area (Å²) in [5.41, 5.74) is 0.216. The van der Waals surface area contributed by atoms with Gasteiger partial charge in [-0.15, -0.1) is 24.0 Å². The van der Waals surface area contributed by atoms with E-state index in [1.54, 1.807) is 18.2 Å². The van der Waals surface area contributed by atoms with Gasteiger partial charge < -0.3 is 10.6 Å². The minimum absolute atomic E-state index is 0. The molecule has 0 saturated heterocycles. The van der Waals surface area contributed by atoms with Gasteiger partial charge in [-0.3, -0.25) is 4.99 Å². The van der Waals surface area contributed by atoms with Crippen molar-refractivity contribution in [3.05, 3.63) is 70.5 Å². The monoisotopic (exact) mass is 492 g/mol. The third-order valence-electron chi connectivity index (χ3n) is 3.56. The highest BCUT2D eigenvalue weighted by Crippen LogP contribution is 2.32. The average molecular weight is 492 g/mol. The molecule has 0 spiro atoms. The van der Waals surface area contributed by atoms with Crippen molar-refractivity contribution < 1.29 is 17.6 Å². The summed E-state index contributed by atoms with van der Waals surface area (Å²) in [7, 11) is 1.48. The molecule has 0 aliphatic carbocycles. The van der Waals surface area contributed by atoms with Gasteiger partial charge in [0.15, 0.2) is 5.96 Å². The van der Waals surface area contributed by atoms with Gasteiger partial charge in [0.1, 0.15) is 5.82 Å². The van der Waals surface area contributed by atoms with E-state index in [1.807, 2.05) is 12.1 Å². The topological polar surface area (TPSA) is 60.2 Å². The lowest BCUT2D eigenvalue weighted by Gasteiger charge is -2.16. The van der Waals surface area contributed by atoms with E-state index in [4.69, 9.17) is 5.26 Å². The van der Waals surface area contributed by atoms with Gasteiger partial charge in [0, 0.05) is 20.1 Å². The van der Waals surface area contributed by atoms with Crippen LogP contribution in [0.3, 0.4) is 0 Å². The number of nitrogens with one attached hydrogen (secondary N) is 2. The van der Waals surface area contributed by atoms with Crippen molar-refractivity contribution in [2.24, 2.45) is 4.99 Å². The van der Waals surface area contributed by atoms with Crippen LogP contribution in [0.5, 0.6) is 0 Å². The van der Waals surface area contributed by atoms with Crippen LogP contribution >= 0.6 is 24.0 Å². The molecule has 2 rings (SSSR count). The van der Waals surface area contributed by atoms with Gasteiger partial charge in [0.2, 0.25) is 0 Å². The Morgan fingerprint density at radius 2 is 1.81 bits per heavy atom. The number of hydrogen-bond donors (Lipinski definition) is 2. The normalized spacial score (nSPS) is 11.3. The molecule has 0 atom stereocenters. The Morgan fingerprint density at radius 3 is 2.44 bits per heavy atom. The molecule has 0 aliphatic rings. The lowest BCUT2D eigenvalue weighted by atomic mass is 10.1. The molecule has 0 saturated carbocycles. The minimum Gasteiger partial charge on any atom is -0.352 e. The van der Waals surface area contributed by atoms with Crippen LogP contribution in [-0.2, 0) is 19.3 Å². The van der Waals surface area contributed by atoms with Crippen molar-refractivity contribution in [1.29, 1.82) is 5.26 Å². The van der Waals surface area contributed by atoms with Gasteiger partial charge in [-0.1, -0.05) is 18.2 Å². The van der Waals surface area contributed by atoms with Crippen LogP contribution in [0.15, 0.2) is 47.5 Å². The van der Waals surface area contributed by atoms with Gasteiger partial charge in [-0.2, -0.15) is 18.4 Å². The second-order valence-corrected chi connectivity index (χ2v) is 5.39. The fourth-order valence-electron chi connectivity index (χ4n) is 2.30. The van der Waals surface area contributed by atoms with Crippen LogP contribution in [0.1, 0.15) is 22.3 Å². The fourth-order valence-corrected chi connectivity index (χ4v) is 2.30. The number of halogens is 5. The lowest BCUT2D eigenvalue weighted by molar-refractivity contribution is -0.138. The highest BCUT2D eigenvalue weighted by molar-refractivity contribution is 14.0. The first-order valence-corrected chi connectivity index (χ1v) is 7.62. The number of nitrogens with zero attached hydrogens (tertiary/aromatic N) is 2. The van der Waals surface area contributed by atoms with Crippen LogP contribution in [0.4, 0.5) is 17.6 Å². The molecule has 0 fully saturated rings. The van der Waals surface area contributed by atoms with Crippen LogP contribution in [0.25, 0.3) is 0 Å². The second kappa shape index (κ2) is 10.1. The van der Waals surface area contributed by atoms with Crippen LogP contribution in [-0.4, -0.2) is 13.0 Å². The SMILES string of the molecule is CN=C(NCc1cccc(C#N)c1)NCc1ccc(F)cc1C(F)(F)F.I. The van der Waals surface area contributed by atoms with E-state index >= 15 is 0 Å². The minimum atomic E-state index is -4.65. The van der Waals surface area contributed by atoms with Gasteiger partial charge in [-0.05, 0) is 35.4 Å². The third-order valence-corrected chi connectivity index (χ3v) is 3.56. The van der Waals surface area contributed by atoms with E-state index in [1.165, 1.54) is 7.05 Å². The predicted molar refractivity (Wildman–Crippen MR) is 105 cm³/mol. The summed E-state index contributed by atoms with van der Waals surface area (Å²) in [6.07, 6.45) is -4.65. The first kappa shape index (κ1) is 22.7. The zero-order chi connectivity index (χ0) is 19.2. The van der Waals surface area contributed by atoms with E-state index in [0.717, 1.165) is 17.7 Å². The number of hydrogen-bond acceptors (Lipinski definition) is 2. The first-order valence-electron chi connectivity index (χ1n) is 7.62. The number of alkyl halides is 3. The van der Waals surface area contributed by atoms with Crippen molar-refractivity contribution in [2.45, 2.75) is 19.3 Å².